The van der Waals surface area contributed by atoms with Gasteiger partial charge in [0.05, 0.1) is 26.4 Å². The van der Waals surface area contributed by atoms with Crippen molar-refractivity contribution < 1.29 is 80.2 Å². The van der Waals surface area contributed by atoms with Crippen molar-refractivity contribution >= 4 is 39.5 Å². The average molecular weight is 1400 g/mol. The molecule has 0 saturated carbocycles. The van der Waals surface area contributed by atoms with Crippen molar-refractivity contribution in [3.05, 3.63) is 0 Å². The van der Waals surface area contributed by atoms with Crippen LogP contribution in [0.5, 0.6) is 0 Å². The zero-order chi connectivity index (χ0) is 70.3. The molecule has 0 bridgehead atoms. The number of unbranched alkanes of at least 4 members (excludes halogenated alkanes) is 36. The smallest absolute Gasteiger partial charge is 0.462 e. The van der Waals surface area contributed by atoms with E-state index in [0.717, 1.165) is 120 Å². The third-order valence-electron chi connectivity index (χ3n) is 18.7. The Morgan fingerprint density at radius 1 is 0.295 bits per heavy atom. The molecule has 3 N–H and O–H groups in total. The number of aliphatic hydroxyl groups is 1. The molecule has 95 heavy (non-hydrogen) atoms. The maximum Gasteiger partial charge on any atom is 0.472 e. The SMILES string of the molecule is CCC(C)CCCCCCCCCCCCCCCCCCCCC(=O)O[C@H](COC(=O)CCCCCCCCCCCCC(C)C)COP(=O)(O)OC[C@@H](O)COP(=O)(O)OC[C@@H](COC(=O)CCCCCCCCC(C)CC)OC(=O)CCCCCCCCC(C)CC. The second-order valence-electron chi connectivity index (χ2n) is 28.6. The number of phosphoric acid groups is 2. The monoisotopic (exact) mass is 1400 g/mol. The molecule has 0 fully saturated rings. The van der Waals surface area contributed by atoms with E-state index in [-0.39, 0.29) is 25.7 Å². The van der Waals surface area contributed by atoms with E-state index in [4.69, 9.17) is 37.0 Å². The van der Waals surface area contributed by atoms with E-state index in [1.807, 2.05) is 0 Å². The van der Waals surface area contributed by atoms with Gasteiger partial charge in [-0.2, -0.15) is 0 Å². The largest absolute Gasteiger partial charge is 0.472 e. The summed E-state index contributed by atoms with van der Waals surface area (Å²) in [5.41, 5.74) is 0. The quantitative estimate of drug-likeness (QED) is 0.0222. The first-order valence-electron chi connectivity index (χ1n) is 39.3. The van der Waals surface area contributed by atoms with E-state index in [0.29, 0.717) is 25.7 Å². The molecular formula is C76H148O17P2. The van der Waals surface area contributed by atoms with Crippen LogP contribution in [0.2, 0.25) is 0 Å². The van der Waals surface area contributed by atoms with E-state index in [2.05, 4.69) is 55.4 Å². The second kappa shape index (κ2) is 65.4. The molecule has 19 heteroatoms. The molecule has 0 aromatic rings. The van der Waals surface area contributed by atoms with Gasteiger partial charge in [-0.25, -0.2) is 9.13 Å². The van der Waals surface area contributed by atoms with Crippen molar-refractivity contribution in [2.24, 2.45) is 23.7 Å². The van der Waals surface area contributed by atoms with Crippen molar-refractivity contribution in [1.29, 1.82) is 0 Å². The summed E-state index contributed by atoms with van der Waals surface area (Å²) in [7, 11) is -9.91. The van der Waals surface area contributed by atoms with Crippen molar-refractivity contribution in [2.45, 2.75) is 401 Å². The van der Waals surface area contributed by atoms with Crippen LogP contribution < -0.4 is 0 Å². The van der Waals surface area contributed by atoms with Gasteiger partial charge in [0.2, 0.25) is 0 Å². The van der Waals surface area contributed by atoms with Crippen LogP contribution in [-0.2, 0) is 65.4 Å². The van der Waals surface area contributed by atoms with Gasteiger partial charge in [0.15, 0.2) is 12.2 Å². The van der Waals surface area contributed by atoms with Gasteiger partial charge >= 0.3 is 39.5 Å². The van der Waals surface area contributed by atoms with E-state index >= 15 is 0 Å². The number of hydrogen-bond donors (Lipinski definition) is 3. The first-order chi connectivity index (χ1) is 45.7. The van der Waals surface area contributed by atoms with Crippen LogP contribution in [0.4, 0.5) is 0 Å². The molecule has 0 heterocycles. The van der Waals surface area contributed by atoms with E-state index in [1.54, 1.807) is 0 Å². The molecule has 0 aromatic carbocycles. The molecule has 0 spiro atoms. The zero-order valence-electron chi connectivity index (χ0n) is 62.3. The fourth-order valence-electron chi connectivity index (χ4n) is 11.5. The van der Waals surface area contributed by atoms with Crippen molar-refractivity contribution in [1.82, 2.24) is 0 Å². The third-order valence-corrected chi connectivity index (χ3v) is 20.6. The molecule has 17 nitrogen and oxygen atoms in total. The number of carbonyl (C=O) groups is 4. The van der Waals surface area contributed by atoms with E-state index < -0.39 is 97.5 Å². The zero-order valence-corrected chi connectivity index (χ0v) is 64.1. The minimum atomic E-state index is -4.96. The summed E-state index contributed by atoms with van der Waals surface area (Å²) in [6.45, 7) is 14.2. The highest BCUT2D eigenvalue weighted by Gasteiger charge is 2.30. The summed E-state index contributed by atoms with van der Waals surface area (Å²) in [5, 5.41) is 10.6. The van der Waals surface area contributed by atoms with Crippen molar-refractivity contribution in [3.63, 3.8) is 0 Å². The molecule has 0 radical (unpaired) electrons. The summed E-state index contributed by atoms with van der Waals surface area (Å²) in [6.07, 6.45) is 50.1. The number of ether oxygens (including phenoxy) is 4. The van der Waals surface area contributed by atoms with Crippen LogP contribution in [-0.4, -0.2) is 96.7 Å². The highest BCUT2D eigenvalue weighted by molar-refractivity contribution is 7.47. The van der Waals surface area contributed by atoms with Gasteiger partial charge in [0, 0.05) is 25.7 Å². The minimum absolute atomic E-state index is 0.102. The lowest BCUT2D eigenvalue weighted by Crippen LogP contribution is -2.30. The van der Waals surface area contributed by atoms with E-state index in [1.165, 1.54) is 180 Å². The Morgan fingerprint density at radius 3 is 0.747 bits per heavy atom. The van der Waals surface area contributed by atoms with Crippen LogP contribution in [0.1, 0.15) is 383 Å². The minimum Gasteiger partial charge on any atom is -0.462 e. The molecule has 0 saturated heterocycles. The summed E-state index contributed by atoms with van der Waals surface area (Å²) >= 11 is 0. The van der Waals surface area contributed by atoms with Crippen molar-refractivity contribution in [2.75, 3.05) is 39.6 Å². The fourth-order valence-corrected chi connectivity index (χ4v) is 13.0. The molecule has 0 aliphatic heterocycles. The first kappa shape index (κ1) is 93.1. The Hall–Kier alpha value is -1.94. The molecule has 5 unspecified atom stereocenters. The summed E-state index contributed by atoms with van der Waals surface area (Å²) in [6, 6.07) is 0. The van der Waals surface area contributed by atoms with Gasteiger partial charge in [-0.05, 0) is 49.4 Å². The van der Waals surface area contributed by atoms with Crippen LogP contribution in [0.3, 0.4) is 0 Å². The number of carbonyl (C=O) groups excluding carboxylic acids is 4. The molecule has 0 rings (SSSR count). The highest BCUT2D eigenvalue weighted by atomic mass is 31.2. The van der Waals surface area contributed by atoms with Gasteiger partial charge in [-0.15, -0.1) is 0 Å². The molecule has 0 aliphatic carbocycles. The number of hydrogen-bond acceptors (Lipinski definition) is 15. The topological polar surface area (TPSA) is 237 Å². The van der Waals surface area contributed by atoms with Crippen LogP contribution in [0.25, 0.3) is 0 Å². The van der Waals surface area contributed by atoms with Crippen molar-refractivity contribution in [3.8, 4) is 0 Å². The fraction of sp³-hybridized carbons (Fsp3) is 0.947. The number of esters is 4. The Bertz CT molecular complexity index is 1870. The van der Waals surface area contributed by atoms with Gasteiger partial charge in [0.25, 0.3) is 0 Å². The predicted molar refractivity (Wildman–Crippen MR) is 386 cm³/mol. The molecule has 564 valence electrons. The number of phosphoric ester groups is 2. The van der Waals surface area contributed by atoms with Gasteiger partial charge < -0.3 is 33.8 Å². The standard InChI is InChI=1S/C76H148O17P2/c1-9-67(6)53-45-37-29-25-20-18-16-14-12-13-15-17-19-21-27-31-42-50-58-75(80)92-71(62-86-73(78)56-48-40-30-26-23-22-24-28-36-44-52-66(4)5)64-90-94(82,83)88-60-70(77)61-89-95(84,85)91-65-72(93-76(81)59-51-43-35-33-39-47-55-69(8)11-3)63-87-74(79)57-49-41-34-32-38-46-54-68(7)10-2/h66-72,77H,9-65H2,1-8H3,(H,82,83)(H,84,85)/t67?,68?,69?,70-,71-,72-/m1/s1. The normalized spacial score (nSPS) is 15.0. The number of rotatable bonds is 73. The van der Waals surface area contributed by atoms with Gasteiger partial charge in [-0.3, -0.25) is 37.3 Å². The Labute approximate surface area is 581 Å². The molecule has 0 amide bonds. The Balaban J connectivity index is 5.19. The summed E-state index contributed by atoms with van der Waals surface area (Å²) in [4.78, 5) is 72.7. The summed E-state index contributed by atoms with van der Waals surface area (Å²) in [5.74, 6) is 0.954. The lowest BCUT2D eigenvalue weighted by atomic mass is 9.99. The Morgan fingerprint density at radius 2 is 0.505 bits per heavy atom. The van der Waals surface area contributed by atoms with Crippen LogP contribution in [0, 0.1) is 23.7 Å². The summed E-state index contributed by atoms with van der Waals surface area (Å²) < 4.78 is 68.4. The van der Waals surface area contributed by atoms with Gasteiger partial charge in [0.1, 0.15) is 19.3 Å². The first-order valence-corrected chi connectivity index (χ1v) is 42.3. The molecular weight excluding hydrogens is 1250 g/mol. The van der Waals surface area contributed by atoms with Crippen LogP contribution in [0.15, 0.2) is 0 Å². The average Bonchev–Trinajstić information content (AvgIpc) is 2.04. The number of aliphatic hydroxyl groups excluding tert-OH is 1. The van der Waals surface area contributed by atoms with Crippen LogP contribution >= 0.6 is 15.6 Å². The molecule has 0 aromatic heterocycles. The second-order valence-corrected chi connectivity index (χ2v) is 31.5. The predicted octanol–water partition coefficient (Wildman–Crippen LogP) is 22.0. The highest BCUT2D eigenvalue weighted by Crippen LogP contribution is 2.45. The lowest BCUT2D eigenvalue weighted by molar-refractivity contribution is -0.161. The Kier molecular flexibility index (Phi) is 64.0. The van der Waals surface area contributed by atoms with Gasteiger partial charge in [-0.1, -0.05) is 331 Å². The maximum atomic E-state index is 13.1. The van der Waals surface area contributed by atoms with E-state index in [9.17, 15) is 43.2 Å². The lowest BCUT2D eigenvalue weighted by Gasteiger charge is -2.21. The third kappa shape index (κ3) is 66.4. The maximum absolute atomic E-state index is 13.1. The molecule has 0 aliphatic rings. The molecule has 8 atom stereocenters.